The third-order valence-corrected chi connectivity index (χ3v) is 4.69. The Labute approximate surface area is 160 Å². The maximum absolute atomic E-state index is 11.8. The number of ether oxygens (including phenoxy) is 4. The molecule has 0 spiro atoms. The van der Waals surface area contributed by atoms with E-state index in [4.69, 9.17) is 18.9 Å². The summed E-state index contributed by atoms with van der Waals surface area (Å²) in [4.78, 5) is 24.5. The number of benzene rings is 2. The van der Waals surface area contributed by atoms with Crippen LogP contribution in [0.4, 0.5) is 0 Å². The van der Waals surface area contributed by atoms with Crippen LogP contribution < -0.4 is 19.5 Å². The molecule has 0 aromatic heterocycles. The predicted molar refractivity (Wildman–Crippen MR) is 99.1 cm³/mol. The zero-order valence-electron chi connectivity index (χ0n) is 14.7. The molecule has 1 amide bonds. The minimum Gasteiger partial charge on any atom is -0.497 e. The Bertz CT molecular complexity index is 808. The number of methoxy groups -OCH3 is 1. The lowest BCUT2D eigenvalue weighted by Crippen LogP contribution is -2.28. The van der Waals surface area contributed by atoms with Crippen molar-refractivity contribution in [1.29, 1.82) is 0 Å². The highest BCUT2D eigenvalue weighted by Gasteiger charge is 2.14. The zero-order chi connectivity index (χ0) is 19.1. The van der Waals surface area contributed by atoms with Gasteiger partial charge in [-0.05, 0) is 42.0 Å². The summed E-state index contributed by atoms with van der Waals surface area (Å²) in [5.74, 6) is 1.41. The molecule has 8 heteroatoms. The van der Waals surface area contributed by atoms with Gasteiger partial charge in [0.15, 0.2) is 18.1 Å². The molecule has 0 unspecified atom stereocenters. The van der Waals surface area contributed by atoms with Crippen LogP contribution in [-0.2, 0) is 20.9 Å². The summed E-state index contributed by atoms with van der Waals surface area (Å²) >= 11 is 1.33. The smallest absolute Gasteiger partial charge is 0.316 e. The second-order valence-electron chi connectivity index (χ2n) is 5.59. The molecule has 1 aliphatic heterocycles. The van der Waals surface area contributed by atoms with Gasteiger partial charge in [0.1, 0.15) is 5.75 Å². The average molecular weight is 389 g/mol. The van der Waals surface area contributed by atoms with Crippen molar-refractivity contribution < 1.29 is 28.5 Å². The molecular weight excluding hydrogens is 370 g/mol. The number of nitrogens with one attached hydrogen (secondary N) is 1. The van der Waals surface area contributed by atoms with Gasteiger partial charge in [-0.2, -0.15) is 0 Å². The number of thioether (sulfide) groups is 1. The van der Waals surface area contributed by atoms with Crippen molar-refractivity contribution >= 4 is 23.6 Å². The number of hydrogen-bond acceptors (Lipinski definition) is 7. The van der Waals surface area contributed by atoms with E-state index in [9.17, 15) is 9.59 Å². The Kier molecular flexibility index (Phi) is 6.43. The van der Waals surface area contributed by atoms with Crippen molar-refractivity contribution in [2.24, 2.45) is 0 Å². The maximum atomic E-state index is 11.8. The third kappa shape index (κ3) is 5.55. The van der Waals surface area contributed by atoms with Gasteiger partial charge in [0.2, 0.25) is 6.79 Å². The summed E-state index contributed by atoms with van der Waals surface area (Å²) in [5, 5.41) is 2.70. The lowest BCUT2D eigenvalue weighted by atomic mass is 10.2. The maximum Gasteiger partial charge on any atom is 0.316 e. The van der Waals surface area contributed by atoms with Crippen molar-refractivity contribution in [3.63, 3.8) is 0 Å². The van der Waals surface area contributed by atoms with E-state index in [0.29, 0.717) is 18.0 Å². The van der Waals surface area contributed by atoms with E-state index in [-0.39, 0.29) is 25.1 Å². The molecule has 0 fully saturated rings. The molecule has 0 bridgehead atoms. The van der Waals surface area contributed by atoms with Crippen LogP contribution in [0.25, 0.3) is 0 Å². The molecule has 27 heavy (non-hydrogen) atoms. The van der Waals surface area contributed by atoms with Gasteiger partial charge in [0.25, 0.3) is 5.91 Å². The average Bonchev–Trinajstić information content (AvgIpc) is 3.17. The Balaban J connectivity index is 1.35. The molecule has 7 nitrogen and oxygen atoms in total. The van der Waals surface area contributed by atoms with Gasteiger partial charge in [-0.25, -0.2) is 0 Å². The Morgan fingerprint density at radius 2 is 1.89 bits per heavy atom. The highest BCUT2D eigenvalue weighted by molar-refractivity contribution is 8.00. The van der Waals surface area contributed by atoms with Crippen LogP contribution in [0.15, 0.2) is 47.4 Å². The van der Waals surface area contributed by atoms with Gasteiger partial charge in [0.05, 0.1) is 12.9 Å². The van der Waals surface area contributed by atoms with Crippen LogP contribution in [0.3, 0.4) is 0 Å². The van der Waals surface area contributed by atoms with E-state index in [1.807, 2.05) is 30.3 Å². The number of carbonyl (C=O) groups is 2. The quantitative estimate of drug-likeness (QED) is 0.548. The van der Waals surface area contributed by atoms with E-state index in [1.54, 1.807) is 19.2 Å². The van der Waals surface area contributed by atoms with Crippen LogP contribution in [0.5, 0.6) is 17.2 Å². The van der Waals surface area contributed by atoms with Crippen LogP contribution in [0.1, 0.15) is 5.56 Å². The topological polar surface area (TPSA) is 83.1 Å². The lowest BCUT2D eigenvalue weighted by Gasteiger charge is -2.07. The Morgan fingerprint density at radius 3 is 2.67 bits per heavy atom. The van der Waals surface area contributed by atoms with Gasteiger partial charge in [-0.3, -0.25) is 9.59 Å². The number of amides is 1. The van der Waals surface area contributed by atoms with Gasteiger partial charge in [-0.1, -0.05) is 6.07 Å². The molecule has 1 aliphatic rings. The Morgan fingerprint density at radius 1 is 1.11 bits per heavy atom. The number of rotatable bonds is 8. The van der Waals surface area contributed by atoms with Gasteiger partial charge >= 0.3 is 5.97 Å². The summed E-state index contributed by atoms with van der Waals surface area (Å²) in [6, 6.07) is 12.8. The monoisotopic (exact) mass is 389 g/mol. The van der Waals surface area contributed by atoms with Crippen molar-refractivity contribution in [1.82, 2.24) is 5.32 Å². The molecule has 0 radical (unpaired) electrons. The molecule has 0 saturated heterocycles. The van der Waals surface area contributed by atoms with E-state index < -0.39 is 5.97 Å². The van der Waals surface area contributed by atoms with Crippen molar-refractivity contribution in [3.8, 4) is 17.2 Å². The predicted octanol–water partition coefficient (Wildman–Crippen LogP) is 2.38. The molecule has 2 aromatic rings. The summed E-state index contributed by atoms with van der Waals surface area (Å²) in [6.45, 7) is 0.204. The van der Waals surface area contributed by atoms with Crippen LogP contribution >= 0.6 is 11.8 Å². The fraction of sp³-hybridized carbons (Fsp3) is 0.263. The fourth-order valence-corrected chi connectivity index (χ4v) is 3.00. The van der Waals surface area contributed by atoms with E-state index in [1.165, 1.54) is 11.8 Å². The fourth-order valence-electron chi connectivity index (χ4n) is 2.30. The molecule has 1 heterocycles. The van der Waals surface area contributed by atoms with Gasteiger partial charge < -0.3 is 24.3 Å². The molecule has 0 aliphatic carbocycles. The lowest BCUT2D eigenvalue weighted by molar-refractivity contribution is -0.145. The Hall–Kier alpha value is -2.87. The normalized spacial score (nSPS) is 11.7. The summed E-state index contributed by atoms with van der Waals surface area (Å²) in [5.41, 5.74) is 0.869. The molecule has 0 atom stereocenters. The second-order valence-corrected chi connectivity index (χ2v) is 6.64. The summed E-state index contributed by atoms with van der Waals surface area (Å²) in [7, 11) is 1.59. The van der Waals surface area contributed by atoms with Crippen LogP contribution in [-0.4, -0.2) is 38.1 Å². The van der Waals surface area contributed by atoms with Crippen molar-refractivity contribution in [2.75, 3.05) is 26.3 Å². The van der Waals surface area contributed by atoms with Crippen LogP contribution in [0, 0.1) is 0 Å². The highest BCUT2D eigenvalue weighted by atomic mass is 32.2. The highest BCUT2D eigenvalue weighted by Crippen LogP contribution is 2.32. The zero-order valence-corrected chi connectivity index (χ0v) is 15.5. The van der Waals surface area contributed by atoms with Gasteiger partial charge in [0, 0.05) is 11.4 Å². The minimum atomic E-state index is -0.450. The first-order valence-electron chi connectivity index (χ1n) is 8.22. The van der Waals surface area contributed by atoms with Crippen LogP contribution in [0.2, 0.25) is 0 Å². The molecular formula is C19H19NO6S. The number of carbonyl (C=O) groups excluding carboxylic acids is 2. The SMILES string of the molecule is COc1ccc(SCC(=O)OCC(=O)NCc2ccc3c(c2)OCO3)cc1. The molecule has 0 saturated carbocycles. The third-order valence-electron chi connectivity index (χ3n) is 3.71. The number of fused-ring (bicyclic) bond motifs is 1. The second kappa shape index (κ2) is 9.18. The van der Waals surface area contributed by atoms with Gasteiger partial charge in [-0.15, -0.1) is 11.8 Å². The standard InChI is InChI=1S/C19H19NO6S/c1-23-14-3-5-15(6-4-14)27-11-19(22)24-10-18(21)20-9-13-2-7-16-17(8-13)26-12-25-16/h2-8H,9-12H2,1H3,(H,20,21). The summed E-state index contributed by atoms with van der Waals surface area (Å²) < 4.78 is 20.6. The first kappa shape index (κ1) is 18.9. The molecule has 3 rings (SSSR count). The van der Waals surface area contributed by atoms with E-state index >= 15 is 0 Å². The van der Waals surface area contributed by atoms with Crippen molar-refractivity contribution in [2.45, 2.75) is 11.4 Å². The van der Waals surface area contributed by atoms with E-state index in [2.05, 4.69) is 5.32 Å². The first-order valence-corrected chi connectivity index (χ1v) is 9.20. The molecule has 1 N–H and O–H groups in total. The number of esters is 1. The molecule has 142 valence electrons. The number of hydrogen-bond donors (Lipinski definition) is 1. The minimum absolute atomic E-state index is 0.127. The van der Waals surface area contributed by atoms with Crippen molar-refractivity contribution in [3.05, 3.63) is 48.0 Å². The van der Waals surface area contributed by atoms with E-state index in [0.717, 1.165) is 16.2 Å². The first-order chi connectivity index (χ1) is 13.1. The molecule has 2 aromatic carbocycles. The largest absolute Gasteiger partial charge is 0.497 e. The summed E-state index contributed by atoms with van der Waals surface area (Å²) in [6.07, 6.45) is 0.